The van der Waals surface area contributed by atoms with Crippen molar-refractivity contribution in [3.8, 4) is 0 Å². The van der Waals surface area contributed by atoms with E-state index in [0.717, 1.165) is 16.8 Å². The van der Waals surface area contributed by atoms with Gasteiger partial charge in [-0.3, -0.25) is 4.98 Å². The van der Waals surface area contributed by atoms with Crippen LogP contribution in [0.3, 0.4) is 0 Å². The molecule has 4 heteroatoms. The first-order valence-corrected chi connectivity index (χ1v) is 6.17. The maximum absolute atomic E-state index is 13.3. The normalized spacial score (nSPS) is 12.2. The molecule has 0 aliphatic rings. The molecule has 0 saturated carbocycles. The minimum Gasteiger partial charge on any atom is -0.378 e. The predicted octanol–water partition coefficient (Wildman–Crippen LogP) is 2.60. The zero-order valence-electron chi connectivity index (χ0n) is 11.4. The largest absolute Gasteiger partial charge is 0.378 e. The van der Waals surface area contributed by atoms with Crippen molar-refractivity contribution in [3.63, 3.8) is 0 Å². The van der Waals surface area contributed by atoms with E-state index in [4.69, 9.17) is 0 Å². The first-order valence-electron chi connectivity index (χ1n) is 6.17. The molecule has 1 atom stereocenters. The quantitative estimate of drug-likeness (QED) is 0.914. The van der Waals surface area contributed by atoms with Crippen LogP contribution in [0, 0.1) is 5.82 Å². The van der Waals surface area contributed by atoms with Crippen LogP contribution >= 0.6 is 0 Å². The number of hydrogen-bond acceptors (Lipinski definition) is 3. The molecular weight excluding hydrogens is 241 g/mol. The fourth-order valence-electron chi connectivity index (χ4n) is 2.09. The molecule has 3 nitrogen and oxygen atoms in total. The van der Waals surface area contributed by atoms with Gasteiger partial charge < -0.3 is 10.2 Å². The molecule has 1 unspecified atom stereocenters. The molecule has 0 radical (unpaired) electrons. The molecule has 100 valence electrons. The lowest BCUT2D eigenvalue weighted by Crippen LogP contribution is -2.19. The fraction of sp³-hybridized carbons (Fsp3) is 0.267. The molecule has 1 N–H and O–H groups in total. The van der Waals surface area contributed by atoms with Gasteiger partial charge in [0, 0.05) is 26.0 Å². The number of nitrogens with zero attached hydrogens (tertiary/aromatic N) is 2. The number of nitrogens with one attached hydrogen (secondary N) is 1. The molecular formula is C15H18FN3. The van der Waals surface area contributed by atoms with E-state index in [9.17, 15) is 4.39 Å². The lowest BCUT2D eigenvalue weighted by atomic mass is 9.99. The zero-order valence-corrected chi connectivity index (χ0v) is 11.4. The van der Waals surface area contributed by atoms with Crippen LogP contribution in [0.1, 0.15) is 17.2 Å². The zero-order chi connectivity index (χ0) is 13.8. The molecule has 0 aliphatic heterocycles. The van der Waals surface area contributed by atoms with E-state index in [1.54, 1.807) is 6.20 Å². The third kappa shape index (κ3) is 3.09. The first kappa shape index (κ1) is 13.5. The SMILES string of the molecule is CNC(c1cncc(F)c1)c1cccc(N(C)C)c1. The summed E-state index contributed by atoms with van der Waals surface area (Å²) in [6, 6.07) is 9.60. The van der Waals surface area contributed by atoms with Crippen molar-refractivity contribution < 1.29 is 4.39 Å². The third-order valence-corrected chi connectivity index (χ3v) is 3.07. The molecule has 1 aromatic carbocycles. The summed E-state index contributed by atoms with van der Waals surface area (Å²) in [5, 5.41) is 3.20. The number of rotatable bonds is 4. The van der Waals surface area contributed by atoms with Crippen molar-refractivity contribution in [2.75, 3.05) is 26.0 Å². The molecule has 0 fully saturated rings. The van der Waals surface area contributed by atoms with E-state index in [1.165, 1.54) is 12.3 Å². The number of anilines is 1. The molecule has 0 bridgehead atoms. The Morgan fingerprint density at radius 3 is 2.58 bits per heavy atom. The highest BCUT2D eigenvalue weighted by atomic mass is 19.1. The van der Waals surface area contributed by atoms with Crippen molar-refractivity contribution in [3.05, 3.63) is 59.7 Å². The number of benzene rings is 1. The maximum Gasteiger partial charge on any atom is 0.141 e. The highest BCUT2D eigenvalue weighted by Crippen LogP contribution is 2.24. The second kappa shape index (κ2) is 5.80. The monoisotopic (exact) mass is 259 g/mol. The van der Waals surface area contributed by atoms with Gasteiger partial charge in [0.2, 0.25) is 0 Å². The minimum absolute atomic E-state index is 0.0666. The summed E-state index contributed by atoms with van der Waals surface area (Å²) >= 11 is 0. The summed E-state index contributed by atoms with van der Waals surface area (Å²) in [6.07, 6.45) is 2.90. The summed E-state index contributed by atoms with van der Waals surface area (Å²) in [5.41, 5.74) is 3.02. The number of aromatic nitrogens is 1. The van der Waals surface area contributed by atoms with E-state index < -0.39 is 0 Å². The highest BCUT2D eigenvalue weighted by Gasteiger charge is 2.13. The van der Waals surface area contributed by atoms with E-state index in [0.29, 0.717) is 0 Å². The lowest BCUT2D eigenvalue weighted by Gasteiger charge is -2.20. The summed E-state index contributed by atoms with van der Waals surface area (Å²) < 4.78 is 13.3. The van der Waals surface area contributed by atoms with Crippen LogP contribution in [-0.4, -0.2) is 26.1 Å². The second-order valence-electron chi connectivity index (χ2n) is 4.65. The van der Waals surface area contributed by atoms with Crippen molar-refractivity contribution in [2.45, 2.75) is 6.04 Å². The summed E-state index contributed by atoms with van der Waals surface area (Å²) in [6.45, 7) is 0. The molecule has 19 heavy (non-hydrogen) atoms. The van der Waals surface area contributed by atoms with Crippen LogP contribution in [0.2, 0.25) is 0 Å². The molecule has 0 spiro atoms. The maximum atomic E-state index is 13.3. The second-order valence-corrected chi connectivity index (χ2v) is 4.65. The Kier molecular flexibility index (Phi) is 4.12. The average Bonchev–Trinajstić information content (AvgIpc) is 2.40. The van der Waals surface area contributed by atoms with E-state index >= 15 is 0 Å². The number of pyridine rings is 1. The predicted molar refractivity (Wildman–Crippen MR) is 75.9 cm³/mol. The number of halogens is 1. The molecule has 0 saturated heterocycles. The molecule has 2 aromatic rings. The van der Waals surface area contributed by atoms with Crippen LogP contribution in [0.15, 0.2) is 42.7 Å². The van der Waals surface area contributed by atoms with Gasteiger partial charge in [0.25, 0.3) is 0 Å². The highest BCUT2D eigenvalue weighted by molar-refractivity contribution is 5.49. The molecule has 0 aliphatic carbocycles. The Morgan fingerprint density at radius 1 is 1.16 bits per heavy atom. The Balaban J connectivity index is 2.39. The standard InChI is InChI=1S/C15H18FN3/c1-17-15(12-7-13(16)10-18-9-12)11-5-4-6-14(8-11)19(2)3/h4-10,15,17H,1-3H3. The smallest absolute Gasteiger partial charge is 0.141 e. The van der Waals surface area contributed by atoms with Crippen LogP contribution in [-0.2, 0) is 0 Å². The molecule has 1 aromatic heterocycles. The van der Waals surface area contributed by atoms with E-state index in [2.05, 4.69) is 16.4 Å². The molecule has 0 amide bonds. The van der Waals surface area contributed by atoms with Gasteiger partial charge in [0.15, 0.2) is 0 Å². The van der Waals surface area contributed by atoms with E-state index in [1.807, 2.05) is 44.2 Å². The van der Waals surface area contributed by atoms with Gasteiger partial charge in [0.1, 0.15) is 5.82 Å². The third-order valence-electron chi connectivity index (χ3n) is 3.07. The summed E-state index contributed by atoms with van der Waals surface area (Å²) in [5.74, 6) is -0.318. The van der Waals surface area contributed by atoms with Crippen LogP contribution < -0.4 is 10.2 Å². The van der Waals surface area contributed by atoms with Gasteiger partial charge in [-0.1, -0.05) is 12.1 Å². The lowest BCUT2D eigenvalue weighted by molar-refractivity contribution is 0.608. The van der Waals surface area contributed by atoms with Gasteiger partial charge in [-0.25, -0.2) is 4.39 Å². The first-order chi connectivity index (χ1) is 9.11. The Hall–Kier alpha value is -1.94. The van der Waals surface area contributed by atoms with Crippen LogP contribution in [0.25, 0.3) is 0 Å². The van der Waals surface area contributed by atoms with Crippen LogP contribution in [0.5, 0.6) is 0 Å². The molecule has 2 rings (SSSR count). The summed E-state index contributed by atoms with van der Waals surface area (Å²) in [4.78, 5) is 5.95. The van der Waals surface area contributed by atoms with Crippen LogP contribution in [0.4, 0.5) is 10.1 Å². The van der Waals surface area contributed by atoms with Gasteiger partial charge in [0.05, 0.1) is 12.2 Å². The van der Waals surface area contributed by atoms with Crippen molar-refractivity contribution in [1.82, 2.24) is 10.3 Å². The molecule has 1 heterocycles. The Labute approximate surface area is 113 Å². The van der Waals surface area contributed by atoms with Crippen molar-refractivity contribution >= 4 is 5.69 Å². The Morgan fingerprint density at radius 2 is 1.95 bits per heavy atom. The van der Waals surface area contributed by atoms with Crippen molar-refractivity contribution in [1.29, 1.82) is 0 Å². The topological polar surface area (TPSA) is 28.2 Å². The van der Waals surface area contributed by atoms with Gasteiger partial charge in [-0.2, -0.15) is 0 Å². The fourth-order valence-corrected chi connectivity index (χ4v) is 2.09. The Bertz CT molecular complexity index is 555. The van der Waals surface area contributed by atoms with Gasteiger partial charge in [-0.15, -0.1) is 0 Å². The average molecular weight is 259 g/mol. The minimum atomic E-state index is -0.318. The number of hydrogen-bond donors (Lipinski definition) is 1. The van der Waals surface area contributed by atoms with Gasteiger partial charge >= 0.3 is 0 Å². The van der Waals surface area contributed by atoms with Gasteiger partial charge in [-0.05, 0) is 36.4 Å². The van der Waals surface area contributed by atoms with Crippen molar-refractivity contribution in [2.24, 2.45) is 0 Å². The van der Waals surface area contributed by atoms with E-state index in [-0.39, 0.29) is 11.9 Å². The summed E-state index contributed by atoms with van der Waals surface area (Å²) in [7, 11) is 5.85.